The van der Waals surface area contributed by atoms with Crippen LogP contribution in [0, 0.1) is 5.82 Å². The van der Waals surface area contributed by atoms with Gasteiger partial charge in [-0.2, -0.15) is 0 Å². The summed E-state index contributed by atoms with van der Waals surface area (Å²) in [6.07, 6.45) is 3.82. The Labute approximate surface area is 132 Å². The minimum atomic E-state index is -0.293. The number of rotatable bonds is 3. The molecular formula is C15H14FNO2S2. The third kappa shape index (κ3) is 3.33. The average molecular weight is 323 g/mol. The monoisotopic (exact) mass is 323 g/mol. The molecule has 21 heavy (non-hydrogen) atoms. The van der Waals surface area contributed by atoms with Crippen LogP contribution < -0.4 is 0 Å². The van der Waals surface area contributed by atoms with E-state index in [0.29, 0.717) is 15.8 Å². The molecule has 0 N–H and O–H groups in total. The van der Waals surface area contributed by atoms with Crippen molar-refractivity contribution < 1.29 is 13.9 Å². The van der Waals surface area contributed by atoms with Crippen LogP contribution in [0.1, 0.15) is 18.4 Å². The highest BCUT2D eigenvalue weighted by Gasteiger charge is 2.34. The summed E-state index contributed by atoms with van der Waals surface area (Å²) in [5, 5.41) is 0. The van der Waals surface area contributed by atoms with Gasteiger partial charge in [0.15, 0.2) is 0 Å². The van der Waals surface area contributed by atoms with E-state index in [9.17, 15) is 9.18 Å². The Bertz CT molecular complexity index is 594. The standard InChI is InChI=1S/C15H14FNO2S2/c16-11-5-3-10(4-6-11)8-13-14(18)17(15(20)21-13)9-12-2-1-7-19-12/h3-6,8,12H,1-2,7,9H2. The molecule has 2 saturated heterocycles. The van der Waals surface area contributed by atoms with E-state index < -0.39 is 0 Å². The largest absolute Gasteiger partial charge is 0.376 e. The van der Waals surface area contributed by atoms with Crippen LogP contribution in [0.2, 0.25) is 0 Å². The zero-order valence-corrected chi connectivity index (χ0v) is 12.9. The number of amides is 1. The van der Waals surface area contributed by atoms with Gasteiger partial charge in [0.25, 0.3) is 5.91 Å². The lowest BCUT2D eigenvalue weighted by molar-refractivity contribution is -0.123. The predicted octanol–water partition coefficient (Wildman–Crippen LogP) is 3.21. The number of hydrogen-bond donors (Lipinski definition) is 0. The topological polar surface area (TPSA) is 29.5 Å². The second-order valence-corrected chi connectivity index (χ2v) is 6.65. The molecule has 6 heteroatoms. The molecule has 0 spiro atoms. The zero-order valence-electron chi connectivity index (χ0n) is 11.3. The number of hydrogen-bond acceptors (Lipinski definition) is 4. The third-order valence-electron chi connectivity index (χ3n) is 3.45. The highest BCUT2D eigenvalue weighted by Crippen LogP contribution is 2.33. The van der Waals surface area contributed by atoms with Gasteiger partial charge in [0, 0.05) is 6.61 Å². The van der Waals surface area contributed by atoms with Crippen molar-refractivity contribution in [3.8, 4) is 0 Å². The molecule has 2 aliphatic rings. The van der Waals surface area contributed by atoms with Crippen molar-refractivity contribution >= 4 is 40.3 Å². The van der Waals surface area contributed by atoms with Crippen molar-refractivity contribution in [2.75, 3.05) is 13.2 Å². The summed E-state index contributed by atoms with van der Waals surface area (Å²) in [5.74, 6) is -0.386. The molecule has 1 unspecified atom stereocenters. The van der Waals surface area contributed by atoms with Crippen LogP contribution in [0.4, 0.5) is 4.39 Å². The van der Waals surface area contributed by atoms with E-state index >= 15 is 0 Å². The van der Waals surface area contributed by atoms with Crippen molar-refractivity contribution in [2.24, 2.45) is 0 Å². The van der Waals surface area contributed by atoms with Crippen LogP contribution in [0.25, 0.3) is 6.08 Å². The van der Waals surface area contributed by atoms with Gasteiger partial charge < -0.3 is 4.74 Å². The van der Waals surface area contributed by atoms with Crippen LogP contribution in [-0.4, -0.2) is 34.4 Å². The summed E-state index contributed by atoms with van der Waals surface area (Å²) >= 11 is 6.56. The van der Waals surface area contributed by atoms with Gasteiger partial charge in [-0.15, -0.1) is 0 Å². The van der Waals surface area contributed by atoms with Gasteiger partial charge in [0.05, 0.1) is 17.6 Å². The molecule has 0 radical (unpaired) electrons. The number of thiocarbonyl (C=S) groups is 1. The Morgan fingerprint density at radius 2 is 2.19 bits per heavy atom. The maximum atomic E-state index is 12.9. The molecule has 1 amide bonds. The molecule has 1 aromatic rings. The van der Waals surface area contributed by atoms with Gasteiger partial charge >= 0.3 is 0 Å². The lowest BCUT2D eigenvalue weighted by Crippen LogP contribution is -2.35. The molecule has 0 bridgehead atoms. The number of thioether (sulfide) groups is 1. The van der Waals surface area contributed by atoms with E-state index in [0.717, 1.165) is 25.0 Å². The van der Waals surface area contributed by atoms with E-state index in [1.165, 1.54) is 23.9 Å². The first-order chi connectivity index (χ1) is 10.1. The first-order valence-corrected chi connectivity index (χ1v) is 7.98. The highest BCUT2D eigenvalue weighted by atomic mass is 32.2. The molecule has 1 atom stereocenters. The summed E-state index contributed by atoms with van der Waals surface area (Å²) in [6.45, 7) is 1.27. The van der Waals surface area contributed by atoms with Gasteiger partial charge in [-0.05, 0) is 36.6 Å². The van der Waals surface area contributed by atoms with Crippen molar-refractivity contribution in [1.29, 1.82) is 0 Å². The van der Waals surface area contributed by atoms with Crippen LogP contribution in [0.5, 0.6) is 0 Å². The maximum absolute atomic E-state index is 12.9. The van der Waals surface area contributed by atoms with Crippen LogP contribution >= 0.6 is 24.0 Å². The molecule has 0 aliphatic carbocycles. The fraction of sp³-hybridized carbons (Fsp3) is 0.333. The number of benzene rings is 1. The molecular weight excluding hydrogens is 309 g/mol. The van der Waals surface area contributed by atoms with Gasteiger partial charge in [0.2, 0.25) is 0 Å². The van der Waals surface area contributed by atoms with Crippen LogP contribution in [-0.2, 0) is 9.53 Å². The Hall–Kier alpha value is -1.24. The van der Waals surface area contributed by atoms with Gasteiger partial charge in [-0.3, -0.25) is 9.69 Å². The highest BCUT2D eigenvalue weighted by molar-refractivity contribution is 8.26. The van der Waals surface area contributed by atoms with Crippen LogP contribution in [0.15, 0.2) is 29.2 Å². The summed E-state index contributed by atoms with van der Waals surface area (Å²) in [5.41, 5.74) is 0.786. The molecule has 110 valence electrons. The summed E-state index contributed by atoms with van der Waals surface area (Å²) in [7, 11) is 0. The third-order valence-corrected chi connectivity index (χ3v) is 4.83. The first kappa shape index (κ1) is 14.7. The van der Waals surface area contributed by atoms with Gasteiger partial charge in [-0.1, -0.05) is 36.1 Å². The minimum absolute atomic E-state index is 0.0812. The summed E-state index contributed by atoms with van der Waals surface area (Å²) < 4.78 is 19.0. The molecule has 0 aromatic heterocycles. The second-order valence-electron chi connectivity index (χ2n) is 4.98. The summed E-state index contributed by atoms with van der Waals surface area (Å²) in [4.78, 5) is 14.6. The van der Waals surface area contributed by atoms with Crippen LogP contribution in [0.3, 0.4) is 0 Å². The number of ether oxygens (including phenoxy) is 1. The SMILES string of the molecule is O=C1C(=Cc2ccc(F)cc2)SC(=S)N1CC1CCCO1. The molecule has 2 fully saturated rings. The average Bonchev–Trinajstić information content (AvgIpc) is 3.06. The lowest BCUT2D eigenvalue weighted by atomic mass is 10.2. The second kappa shape index (κ2) is 6.25. The predicted molar refractivity (Wildman–Crippen MR) is 85.3 cm³/mol. The van der Waals surface area contributed by atoms with Gasteiger partial charge in [0.1, 0.15) is 10.1 Å². The number of carbonyl (C=O) groups is 1. The molecule has 2 aliphatic heterocycles. The Morgan fingerprint density at radius 1 is 1.43 bits per heavy atom. The molecule has 1 aromatic carbocycles. The van der Waals surface area contributed by atoms with Gasteiger partial charge in [-0.25, -0.2) is 4.39 Å². The van der Waals surface area contributed by atoms with E-state index in [1.807, 2.05) is 0 Å². The smallest absolute Gasteiger partial charge is 0.266 e. The van der Waals surface area contributed by atoms with Crippen molar-refractivity contribution in [2.45, 2.75) is 18.9 Å². The number of nitrogens with zero attached hydrogens (tertiary/aromatic N) is 1. The van der Waals surface area contributed by atoms with E-state index in [-0.39, 0.29) is 17.8 Å². The van der Waals surface area contributed by atoms with Crippen molar-refractivity contribution in [3.63, 3.8) is 0 Å². The Morgan fingerprint density at radius 3 is 2.86 bits per heavy atom. The summed E-state index contributed by atoms with van der Waals surface area (Å²) in [6, 6.07) is 6.03. The number of carbonyl (C=O) groups excluding carboxylic acids is 1. The Kier molecular flexibility index (Phi) is 4.37. The molecule has 2 heterocycles. The van der Waals surface area contributed by atoms with E-state index in [2.05, 4.69) is 0 Å². The molecule has 3 rings (SSSR count). The zero-order chi connectivity index (χ0) is 14.8. The van der Waals surface area contributed by atoms with E-state index in [4.69, 9.17) is 17.0 Å². The Balaban J connectivity index is 1.74. The number of halogens is 1. The normalized spacial score (nSPS) is 24.3. The van der Waals surface area contributed by atoms with E-state index in [1.54, 1.807) is 23.1 Å². The molecule has 3 nitrogen and oxygen atoms in total. The quantitative estimate of drug-likeness (QED) is 0.631. The lowest BCUT2D eigenvalue weighted by Gasteiger charge is -2.18. The van der Waals surface area contributed by atoms with Crippen molar-refractivity contribution in [3.05, 3.63) is 40.6 Å². The molecule has 0 saturated carbocycles. The maximum Gasteiger partial charge on any atom is 0.266 e. The minimum Gasteiger partial charge on any atom is -0.376 e. The fourth-order valence-corrected chi connectivity index (χ4v) is 3.63. The fourth-order valence-electron chi connectivity index (χ4n) is 2.36. The first-order valence-electron chi connectivity index (χ1n) is 6.76. The van der Waals surface area contributed by atoms with Crippen molar-refractivity contribution in [1.82, 2.24) is 4.90 Å².